The lowest BCUT2D eigenvalue weighted by Gasteiger charge is -2.18. The van der Waals surface area contributed by atoms with Gasteiger partial charge < -0.3 is 19.7 Å². The van der Waals surface area contributed by atoms with Crippen molar-refractivity contribution >= 4 is 21.8 Å². The minimum absolute atomic E-state index is 0.0173. The van der Waals surface area contributed by atoms with E-state index in [0.29, 0.717) is 24.5 Å². The van der Waals surface area contributed by atoms with Crippen molar-refractivity contribution in [2.45, 2.75) is 26.0 Å². The second kappa shape index (κ2) is 7.13. The summed E-state index contributed by atoms with van der Waals surface area (Å²) in [6.07, 6.45) is 0.270. The zero-order valence-corrected chi connectivity index (χ0v) is 14.2. The van der Waals surface area contributed by atoms with Crippen LogP contribution in [0.15, 0.2) is 16.6 Å². The Balaban J connectivity index is 2.26. The van der Waals surface area contributed by atoms with Gasteiger partial charge in [-0.1, -0.05) is 0 Å². The third kappa shape index (κ3) is 3.68. The number of rotatable bonds is 6. The molecule has 5 nitrogen and oxygen atoms in total. The number of hydrogen-bond acceptors (Lipinski definition) is 4. The van der Waals surface area contributed by atoms with E-state index in [4.69, 9.17) is 9.47 Å². The minimum atomic E-state index is -0.430. The van der Waals surface area contributed by atoms with E-state index in [1.165, 1.54) is 0 Å². The molecule has 1 aliphatic heterocycles. The Morgan fingerprint density at radius 1 is 1.48 bits per heavy atom. The molecule has 6 heteroatoms. The van der Waals surface area contributed by atoms with Gasteiger partial charge >= 0.3 is 0 Å². The lowest BCUT2D eigenvalue weighted by atomic mass is 10.2. The molecule has 2 rings (SSSR count). The Labute approximate surface area is 133 Å². The molecule has 1 aromatic rings. The minimum Gasteiger partial charge on any atom is -0.490 e. The monoisotopic (exact) mass is 356 g/mol. The van der Waals surface area contributed by atoms with Gasteiger partial charge in [0, 0.05) is 26.6 Å². The highest BCUT2D eigenvalue weighted by atomic mass is 79.9. The van der Waals surface area contributed by atoms with Gasteiger partial charge in [-0.25, -0.2) is 0 Å². The van der Waals surface area contributed by atoms with Gasteiger partial charge in [-0.3, -0.25) is 4.79 Å². The maximum absolute atomic E-state index is 12.0. The zero-order chi connectivity index (χ0) is 15.4. The van der Waals surface area contributed by atoms with Gasteiger partial charge in [0.2, 0.25) is 0 Å². The van der Waals surface area contributed by atoms with Crippen molar-refractivity contribution in [3.8, 4) is 11.5 Å². The average Bonchev–Trinajstić information content (AvgIpc) is 2.75. The predicted molar refractivity (Wildman–Crippen MR) is 84.7 cm³/mol. The predicted octanol–water partition coefficient (Wildman–Crippen LogP) is 2.18. The molecule has 0 radical (unpaired) electrons. The first-order valence-corrected chi connectivity index (χ1v) is 7.87. The Hall–Kier alpha value is -1.27. The number of nitrogens with one attached hydrogen (secondary N) is 1. The van der Waals surface area contributed by atoms with Gasteiger partial charge in [0.25, 0.3) is 5.91 Å². The van der Waals surface area contributed by atoms with E-state index in [1.54, 1.807) is 11.9 Å². The summed E-state index contributed by atoms with van der Waals surface area (Å²) in [5.41, 5.74) is 1.09. The molecular formula is C15H21BrN2O3. The van der Waals surface area contributed by atoms with Crippen LogP contribution in [0.1, 0.15) is 18.9 Å². The first kappa shape index (κ1) is 16.1. The van der Waals surface area contributed by atoms with Crippen LogP contribution in [0.25, 0.3) is 0 Å². The second-order valence-corrected chi connectivity index (χ2v) is 5.88. The number of halogens is 1. The molecule has 1 fully saturated rings. The Morgan fingerprint density at radius 3 is 2.81 bits per heavy atom. The van der Waals surface area contributed by atoms with Crippen LogP contribution >= 0.6 is 15.9 Å². The summed E-state index contributed by atoms with van der Waals surface area (Å²) in [6.45, 7) is 3.94. The van der Waals surface area contributed by atoms with Crippen molar-refractivity contribution in [1.82, 2.24) is 10.2 Å². The molecule has 1 atom stereocenters. The lowest BCUT2D eigenvalue weighted by molar-refractivity contribution is -0.132. The molecule has 1 N–H and O–H groups in total. The largest absolute Gasteiger partial charge is 0.490 e. The number of likely N-dealkylation sites (N-methyl/N-ethyl adjacent to an activating group) is 1. The van der Waals surface area contributed by atoms with Gasteiger partial charge in [0.05, 0.1) is 11.1 Å². The highest BCUT2D eigenvalue weighted by molar-refractivity contribution is 9.10. The zero-order valence-electron chi connectivity index (χ0n) is 12.6. The summed E-state index contributed by atoms with van der Waals surface area (Å²) in [5.74, 6) is 1.29. The van der Waals surface area contributed by atoms with Gasteiger partial charge in [0.15, 0.2) is 17.6 Å². The van der Waals surface area contributed by atoms with Gasteiger partial charge in [-0.05, 0) is 47.6 Å². The molecule has 0 aromatic heterocycles. The number of carbonyl (C=O) groups is 1. The fourth-order valence-corrected chi connectivity index (χ4v) is 2.93. The van der Waals surface area contributed by atoms with Crippen molar-refractivity contribution in [2.24, 2.45) is 0 Å². The van der Waals surface area contributed by atoms with Crippen LogP contribution in [-0.4, -0.2) is 44.2 Å². The lowest BCUT2D eigenvalue weighted by Crippen LogP contribution is -2.29. The van der Waals surface area contributed by atoms with Crippen LogP contribution < -0.4 is 14.8 Å². The molecular weight excluding hydrogens is 336 g/mol. The van der Waals surface area contributed by atoms with E-state index >= 15 is 0 Å². The molecule has 21 heavy (non-hydrogen) atoms. The number of benzene rings is 1. The van der Waals surface area contributed by atoms with E-state index in [1.807, 2.05) is 26.1 Å². The smallest absolute Gasteiger partial charge is 0.263 e. The number of likely N-dealkylation sites (tertiary alicyclic amines) is 1. The maximum Gasteiger partial charge on any atom is 0.263 e. The summed E-state index contributed by atoms with van der Waals surface area (Å²) >= 11 is 3.52. The van der Waals surface area contributed by atoms with Crippen LogP contribution in [0.3, 0.4) is 0 Å². The van der Waals surface area contributed by atoms with Crippen molar-refractivity contribution in [3.63, 3.8) is 0 Å². The summed E-state index contributed by atoms with van der Waals surface area (Å²) in [7, 11) is 3.69. The summed E-state index contributed by atoms with van der Waals surface area (Å²) in [5, 5.41) is 3.11. The van der Waals surface area contributed by atoms with Crippen LogP contribution in [0, 0.1) is 0 Å². The van der Waals surface area contributed by atoms with Gasteiger partial charge in [-0.15, -0.1) is 0 Å². The molecule has 1 saturated heterocycles. The third-order valence-corrected chi connectivity index (χ3v) is 3.98. The van der Waals surface area contributed by atoms with Crippen LogP contribution in [-0.2, 0) is 11.3 Å². The van der Waals surface area contributed by atoms with Crippen molar-refractivity contribution in [3.05, 3.63) is 22.2 Å². The van der Waals surface area contributed by atoms with E-state index in [2.05, 4.69) is 21.2 Å². The molecule has 116 valence electrons. The molecule has 1 amide bonds. The fourth-order valence-electron chi connectivity index (χ4n) is 2.35. The van der Waals surface area contributed by atoms with Crippen molar-refractivity contribution < 1.29 is 14.3 Å². The molecule has 1 aliphatic rings. The van der Waals surface area contributed by atoms with Crippen LogP contribution in [0.5, 0.6) is 11.5 Å². The Morgan fingerprint density at radius 2 is 2.24 bits per heavy atom. The number of nitrogens with zero attached hydrogens (tertiary/aromatic N) is 1. The first-order chi connectivity index (χ1) is 10.1. The number of ether oxygens (including phenoxy) is 2. The summed E-state index contributed by atoms with van der Waals surface area (Å²) < 4.78 is 12.4. The van der Waals surface area contributed by atoms with Crippen LogP contribution in [0.2, 0.25) is 0 Å². The quantitative estimate of drug-likeness (QED) is 0.848. The normalized spacial score (nSPS) is 18.2. The van der Waals surface area contributed by atoms with Crippen LogP contribution in [0.4, 0.5) is 0 Å². The average molecular weight is 357 g/mol. The van der Waals surface area contributed by atoms with Gasteiger partial charge in [-0.2, -0.15) is 0 Å². The molecule has 0 bridgehead atoms. The molecule has 1 aromatic carbocycles. The standard InChI is InChI=1S/C15H21BrN2O3/c1-4-20-13-8-10(9-17-2)7-11(16)14(13)21-12-5-6-18(3)15(12)19/h7-8,12,17H,4-6,9H2,1-3H3. The van der Waals surface area contributed by atoms with E-state index in [-0.39, 0.29) is 5.91 Å². The molecule has 0 aliphatic carbocycles. The third-order valence-electron chi connectivity index (χ3n) is 3.39. The van der Waals surface area contributed by atoms with E-state index in [9.17, 15) is 4.79 Å². The second-order valence-electron chi connectivity index (χ2n) is 5.02. The highest BCUT2D eigenvalue weighted by Crippen LogP contribution is 2.38. The summed E-state index contributed by atoms with van der Waals surface area (Å²) in [6, 6.07) is 3.93. The molecule has 1 heterocycles. The highest BCUT2D eigenvalue weighted by Gasteiger charge is 2.32. The molecule has 0 saturated carbocycles. The number of amides is 1. The Bertz CT molecular complexity index is 522. The number of hydrogen-bond donors (Lipinski definition) is 1. The fraction of sp³-hybridized carbons (Fsp3) is 0.533. The first-order valence-electron chi connectivity index (χ1n) is 7.08. The SMILES string of the molecule is CCOc1cc(CNC)cc(Br)c1OC1CCN(C)C1=O. The van der Waals surface area contributed by atoms with Crippen molar-refractivity contribution in [1.29, 1.82) is 0 Å². The van der Waals surface area contributed by atoms with E-state index in [0.717, 1.165) is 23.1 Å². The molecule has 0 spiro atoms. The molecule has 1 unspecified atom stereocenters. The Kier molecular flexibility index (Phi) is 5.47. The maximum atomic E-state index is 12.0. The topological polar surface area (TPSA) is 50.8 Å². The van der Waals surface area contributed by atoms with Gasteiger partial charge in [0.1, 0.15) is 0 Å². The number of carbonyl (C=O) groups excluding carboxylic acids is 1. The van der Waals surface area contributed by atoms with E-state index < -0.39 is 6.10 Å². The summed E-state index contributed by atoms with van der Waals surface area (Å²) in [4.78, 5) is 13.7. The van der Waals surface area contributed by atoms with Crippen molar-refractivity contribution in [2.75, 3.05) is 27.2 Å².